The van der Waals surface area contributed by atoms with Gasteiger partial charge >= 0.3 is 0 Å². The highest BCUT2D eigenvalue weighted by Crippen LogP contribution is 2.23. The predicted molar refractivity (Wildman–Crippen MR) is 80.0 cm³/mol. The van der Waals surface area contributed by atoms with Gasteiger partial charge in [0.2, 0.25) is 0 Å². The van der Waals surface area contributed by atoms with Gasteiger partial charge in [-0.2, -0.15) is 0 Å². The standard InChI is InChI=1S/C15H13ClN2O/c1-10-9-11-5-4-6-12(16)14(11)15(19)18(10)13-7-2-3-8-17-13/h4-9H,2-3H2,1H3. The van der Waals surface area contributed by atoms with Crippen LogP contribution in [-0.4, -0.2) is 10.8 Å². The summed E-state index contributed by atoms with van der Waals surface area (Å²) in [5, 5.41) is 1.90. The van der Waals surface area contributed by atoms with Crippen molar-refractivity contribution >= 4 is 34.4 Å². The van der Waals surface area contributed by atoms with E-state index in [-0.39, 0.29) is 5.56 Å². The van der Waals surface area contributed by atoms with Gasteiger partial charge in [-0.05, 0) is 43.4 Å². The summed E-state index contributed by atoms with van der Waals surface area (Å²) in [6.45, 7) is 1.91. The maximum Gasteiger partial charge on any atom is 0.265 e. The molecule has 0 N–H and O–H groups in total. The molecule has 1 aromatic heterocycles. The molecule has 2 heterocycles. The molecule has 3 rings (SSSR count). The fraction of sp³-hybridized carbons (Fsp3) is 0.200. The Hall–Kier alpha value is -1.87. The van der Waals surface area contributed by atoms with Crippen LogP contribution < -0.4 is 5.56 Å². The van der Waals surface area contributed by atoms with Crippen molar-refractivity contribution in [3.8, 4) is 0 Å². The molecule has 0 saturated carbocycles. The number of allylic oxidation sites excluding steroid dienone is 1. The highest BCUT2D eigenvalue weighted by molar-refractivity contribution is 6.35. The number of hydrogen-bond donors (Lipinski definition) is 0. The van der Waals surface area contributed by atoms with E-state index in [4.69, 9.17) is 11.6 Å². The molecule has 0 unspecified atom stereocenters. The smallest absolute Gasteiger partial charge is 0.265 e. The molecule has 0 bridgehead atoms. The Morgan fingerprint density at radius 1 is 1.32 bits per heavy atom. The molecule has 0 amide bonds. The number of aryl methyl sites for hydroxylation is 1. The van der Waals surface area contributed by atoms with Crippen molar-refractivity contribution in [3.63, 3.8) is 0 Å². The van der Waals surface area contributed by atoms with Gasteiger partial charge in [0.05, 0.1) is 10.4 Å². The fourth-order valence-electron chi connectivity index (χ4n) is 2.38. The van der Waals surface area contributed by atoms with Crippen LogP contribution in [0.3, 0.4) is 0 Å². The van der Waals surface area contributed by atoms with Gasteiger partial charge in [-0.3, -0.25) is 9.36 Å². The van der Waals surface area contributed by atoms with Crippen molar-refractivity contribution in [2.75, 3.05) is 0 Å². The van der Waals surface area contributed by atoms with E-state index in [2.05, 4.69) is 4.99 Å². The van der Waals surface area contributed by atoms with Crippen LogP contribution in [0.2, 0.25) is 5.02 Å². The Balaban J connectivity index is 2.37. The Morgan fingerprint density at radius 2 is 2.16 bits per heavy atom. The van der Waals surface area contributed by atoms with Crippen molar-refractivity contribution in [3.05, 3.63) is 51.4 Å². The van der Waals surface area contributed by atoms with Crippen LogP contribution in [0, 0.1) is 6.92 Å². The van der Waals surface area contributed by atoms with Crippen LogP contribution in [0.25, 0.3) is 16.6 Å². The van der Waals surface area contributed by atoms with Gasteiger partial charge in [-0.25, -0.2) is 4.99 Å². The van der Waals surface area contributed by atoms with Crippen LogP contribution in [0.4, 0.5) is 0 Å². The molecule has 0 aliphatic carbocycles. The van der Waals surface area contributed by atoms with Gasteiger partial charge in [0, 0.05) is 11.9 Å². The van der Waals surface area contributed by atoms with Gasteiger partial charge in [0.25, 0.3) is 5.56 Å². The molecule has 4 heteroatoms. The summed E-state index contributed by atoms with van der Waals surface area (Å²) in [6, 6.07) is 7.46. The van der Waals surface area contributed by atoms with Crippen molar-refractivity contribution < 1.29 is 0 Å². The summed E-state index contributed by atoms with van der Waals surface area (Å²) >= 11 is 6.15. The third kappa shape index (κ3) is 2.00. The minimum absolute atomic E-state index is 0.106. The molecule has 0 atom stereocenters. The van der Waals surface area contributed by atoms with Crippen molar-refractivity contribution in [2.24, 2.45) is 4.99 Å². The zero-order valence-corrected chi connectivity index (χ0v) is 11.3. The number of rotatable bonds is 1. The van der Waals surface area contributed by atoms with E-state index in [1.807, 2.05) is 37.4 Å². The van der Waals surface area contributed by atoms with Gasteiger partial charge in [-0.15, -0.1) is 0 Å². The molecule has 0 fully saturated rings. The fourth-order valence-corrected chi connectivity index (χ4v) is 2.64. The minimum Gasteiger partial charge on any atom is -0.268 e. The molecule has 19 heavy (non-hydrogen) atoms. The Morgan fingerprint density at radius 3 is 2.89 bits per heavy atom. The van der Waals surface area contributed by atoms with E-state index in [1.54, 1.807) is 10.6 Å². The Kier molecular flexibility index (Phi) is 2.99. The van der Waals surface area contributed by atoms with Gasteiger partial charge in [0.15, 0.2) is 0 Å². The number of hydrogen-bond acceptors (Lipinski definition) is 2. The topological polar surface area (TPSA) is 34.4 Å². The molecule has 0 saturated heterocycles. The number of aliphatic imine (C=N–C) groups is 1. The van der Waals surface area contributed by atoms with Crippen LogP contribution in [0.1, 0.15) is 18.5 Å². The third-order valence-corrected chi connectivity index (χ3v) is 3.57. The Labute approximate surface area is 115 Å². The number of pyridine rings is 1. The number of benzene rings is 1. The second-order valence-corrected chi connectivity index (χ2v) is 4.99. The largest absolute Gasteiger partial charge is 0.268 e. The molecular formula is C15H13ClN2O. The lowest BCUT2D eigenvalue weighted by Crippen LogP contribution is -2.22. The first-order valence-corrected chi connectivity index (χ1v) is 6.60. The summed E-state index contributed by atoms with van der Waals surface area (Å²) in [4.78, 5) is 16.9. The number of nitrogens with zero attached hydrogens (tertiary/aromatic N) is 2. The van der Waals surface area contributed by atoms with Crippen LogP contribution >= 0.6 is 11.6 Å². The zero-order chi connectivity index (χ0) is 13.4. The highest BCUT2D eigenvalue weighted by Gasteiger charge is 2.12. The lowest BCUT2D eigenvalue weighted by atomic mass is 10.1. The highest BCUT2D eigenvalue weighted by atomic mass is 35.5. The van der Waals surface area contributed by atoms with E-state index in [0.717, 1.165) is 23.9 Å². The molecule has 1 aromatic carbocycles. The lowest BCUT2D eigenvalue weighted by molar-refractivity contribution is 0.929. The summed E-state index contributed by atoms with van der Waals surface area (Å²) in [6.07, 6.45) is 5.66. The van der Waals surface area contributed by atoms with Crippen LogP contribution in [0.5, 0.6) is 0 Å². The van der Waals surface area contributed by atoms with Crippen LogP contribution in [0.15, 0.2) is 40.1 Å². The molecular weight excluding hydrogens is 260 g/mol. The van der Waals surface area contributed by atoms with Crippen molar-refractivity contribution in [2.45, 2.75) is 19.8 Å². The van der Waals surface area contributed by atoms with E-state index >= 15 is 0 Å². The number of fused-ring (bicyclic) bond motifs is 1. The van der Waals surface area contributed by atoms with E-state index < -0.39 is 0 Å². The van der Waals surface area contributed by atoms with Gasteiger partial charge in [-0.1, -0.05) is 23.7 Å². The maximum absolute atomic E-state index is 12.6. The molecule has 3 nitrogen and oxygen atoms in total. The first-order valence-electron chi connectivity index (χ1n) is 6.22. The second-order valence-electron chi connectivity index (χ2n) is 4.58. The van der Waals surface area contributed by atoms with Gasteiger partial charge in [0.1, 0.15) is 5.82 Å². The average Bonchev–Trinajstić information content (AvgIpc) is 2.39. The monoisotopic (exact) mass is 272 g/mol. The van der Waals surface area contributed by atoms with Crippen molar-refractivity contribution in [1.82, 2.24) is 4.57 Å². The Bertz CT molecular complexity index is 772. The molecule has 2 aromatic rings. The van der Waals surface area contributed by atoms with E-state index in [1.165, 1.54) is 0 Å². The summed E-state index contributed by atoms with van der Waals surface area (Å²) in [5.41, 5.74) is 0.760. The first-order chi connectivity index (χ1) is 9.18. The molecule has 1 aliphatic heterocycles. The maximum atomic E-state index is 12.6. The zero-order valence-electron chi connectivity index (χ0n) is 10.6. The summed E-state index contributed by atoms with van der Waals surface area (Å²) in [7, 11) is 0. The average molecular weight is 273 g/mol. The SMILES string of the molecule is Cc1cc2cccc(Cl)c2c(=O)n1C1=CCCC=N1. The van der Waals surface area contributed by atoms with E-state index in [0.29, 0.717) is 16.2 Å². The predicted octanol–water partition coefficient (Wildman–Crippen LogP) is 3.63. The molecule has 1 aliphatic rings. The summed E-state index contributed by atoms with van der Waals surface area (Å²) in [5.74, 6) is 0.690. The summed E-state index contributed by atoms with van der Waals surface area (Å²) < 4.78 is 1.63. The quantitative estimate of drug-likeness (QED) is 0.781. The lowest BCUT2D eigenvalue weighted by Gasteiger charge is -2.14. The molecule has 0 spiro atoms. The normalized spacial score (nSPS) is 14.7. The van der Waals surface area contributed by atoms with Crippen molar-refractivity contribution in [1.29, 1.82) is 0 Å². The molecule has 96 valence electrons. The van der Waals surface area contributed by atoms with E-state index in [9.17, 15) is 4.79 Å². The molecule has 0 radical (unpaired) electrons. The van der Waals surface area contributed by atoms with Gasteiger partial charge < -0.3 is 0 Å². The third-order valence-electron chi connectivity index (χ3n) is 3.26. The van der Waals surface area contributed by atoms with Crippen LogP contribution in [-0.2, 0) is 0 Å². The number of halogens is 1. The second kappa shape index (κ2) is 4.67. The number of aromatic nitrogens is 1. The minimum atomic E-state index is -0.106. The first kappa shape index (κ1) is 12.2.